The number of hydrogen-bond donors (Lipinski definition) is 0. The summed E-state index contributed by atoms with van der Waals surface area (Å²) in [6.45, 7) is 6.17. The molecule has 1 fully saturated rings. The van der Waals surface area contributed by atoms with Crippen LogP contribution in [0.3, 0.4) is 0 Å². The van der Waals surface area contributed by atoms with Gasteiger partial charge in [-0.15, -0.1) is 0 Å². The Balaban J connectivity index is 1.81. The summed E-state index contributed by atoms with van der Waals surface area (Å²) in [4.78, 5) is 41.9. The first-order valence-corrected chi connectivity index (χ1v) is 11.1. The normalized spacial score (nSPS) is 15.5. The minimum atomic E-state index is -0.680. The van der Waals surface area contributed by atoms with Gasteiger partial charge < -0.3 is 9.30 Å². The van der Waals surface area contributed by atoms with Crippen molar-refractivity contribution in [3.63, 3.8) is 0 Å². The van der Waals surface area contributed by atoms with Gasteiger partial charge in [0.15, 0.2) is 0 Å². The minimum Gasteiger partial charge on any atom is -0.383 e. The molecule has 7 nitrogen and oxygen atoms in total. The SMILES string of the molecule is COCCN1C(=O)/C(=C/c2cc(C)n(-c3cccc(C)c3)c2C)C(=O)N(c2ccccc2)C1=O. The predicted octanol–water partition coefficient (Wildman–Crippen LogP) is 4.43. The zero-order valence-corrected chi connectivity index (χ0v) is 19.7. The van der Waals surface area contributed by atoms with Crippen LogP contribution in [-0.4, -0.2) is 47.6 Å². The quantitative estimate of drug-likeness (QED) is 0.406. The molecule has 7 heteroatoms. The number of carbonyl (C=O) groups is 3. The highest BCUT2D eigenvalue weighted by molar-refractivity contribution is 6.39. The van der Waals surface area contributed by atoms with Crippen LogP contribution in [0.4, 0.5) is 10.5 Å². The van der Waals surface area contributed by atoms with Crippen LogP contribution in [0, 0.1) is 20.8 Å². The molecule has 2 aromatic carbocycles. The van der Waals surface area contributed by atoms with E-state index in [0.717, 1.165) is 38.0 Å². The van der Waals surface area contributed by atoms with Gasteiger partial charge in [0.1, 0.15) is 5.57 Å². The minimum absolute atomic E-state index is 0.0461. The molecule has 4 amide bonds. The maximum Gasteiger partial charge on any atom is 0.338 e. The molecule has 0 unspecified atom stereocenters. The molecule has 34 heavy (non-hydrogen) atoms. The van der Waals surface area contributed by atoms with E-state index in [4.69, 9.17) is 4.74 Å². The van der Waals surface area contributed by atoms with Gasteiger partial charge >= 0.3 is 6.03 Å². The Morgan fingerprint density at radius 3 is 2.24 bits per heavy atom. The van der Waals surface area contributed by atoms with Crippen molar-refractivity contribution in [2.75, 3.05) is 25.2 Å². The molecule has 1 saturated heterocycles. The number of benzene rings is 2. The van der Waals surface area contributed by atoms with E-state index >= 15 is 0 Å². The predicted molar refractivity (Wildman–Crippen MR) is 131 cm³/mol. The number of aromatic nitrogens is 1. The first-order valence-electron chi connectivity index (χ1n) is 11.1. The number of methoxy groups -OCH3 is 1. The van der Waals surface area contributed by atoms with Crippen LogP contribution in [0.25, 0.3) is 11.8 Å². The smallest absolute Gasteiger partial charge is 0.338 e. The van der Waals surface area contributed by atoms with Crippen LogP contribution in [0.5, 0.6) is 0 Å². The van der Waals surface area contributed by atoms with Crippen molar-refractivity contribution in [1.29, 1.82) is 0 Å². The molecular formula is C27H27N3O4. The highest BCUT2D eigenvalue weighted by atomic mass is 16.5. The average Bonchev–Trinajstić information content (AvgIpc) is 3.10. The van der Waals surface area contributed by atoms with Gasteiger partial charge in [0.25, 0.3) is 11.8 Å². The molecule has 0 aliphatic carbocycles. The Morgan fingerprint density at radius 2 is 1.56 bits per heavy atom. The van der Waals surface area contributed by atoms with E-state index in [2.05, 4.69) is 10.6 Å². The molecule has 2 heterocycles. The number of para-hydroxylation sites is 1. The number of barbiturate groups is 1. The molecule has 174 valence electrons. The van der Waals surface area contributed by atoms with Crippen LogP contribution in [-0.2, 0) is 14.3 Å². The molecule has 1 aliphatic heterocycles. The van der Waals surface area contributed by atoms with Gasteiger partial charge in [-0.1, -0.05) is 30.3 Å². The second-order valence-corrected chi connectivity index (χ2v) is 8.27. The average molecular weight is 458 g/mol. The Bertz CT molecular complexity index is 1290. The second-order valence-electron chi connectivity index (χ2n) is 8.27. The van der Waals surface area contributed by atoms with Crippen LogP contribution in [0.1, 0.15) is 22.5 Å². The van der Waals surface area contributed by atoms with Crippen LogP contribution in [0.2, 0.25) is 0 Å². The number of aryl methyl sites for hydroxylation is 2. The zero-order valence-electron chi connectivity index (χ0n) is 19.7. The third-order valence-electron chi connectivity index (χ3n) is 5.89. The summed E-state index contributed by atoms with van der Waals surface area (Å²) in [7, 11) is 1.50. The van der Waals surface area contributed by atoms with Crippen molar-refractivity contribution >= 4 is 29.6 Å². The van der Waals surface area contributed by atoms with Crippen molar-refractivity contribution in [1.82, 2.24) is 9.47 Å². The molecule has 1 aromatic heterocycles. The topological polar surface area (TPSA) is 71.8 Å². The number of imide groups is 2. The van der Waals surface area contributed by atoms with Crippen molar-refractivity contribution in [2.45, 2.75) is 20.8 Å². The third-order valence-corrected chi connectivity index (χ3v) is 5.89. The fourth-order valence-corrected chi connectivity index (χ4v) is 4.21. The number of nitrogens with zero attached hydrogens (tertiary/aromatic N) is 3. The molecule has 3 aromatic rings. The lowest BCUT2D eigenvalue weighted by molar-refractivity contribution is -0.129. The Morgan fingerprint density at radius 1 is 0.853 bits per heavy atom. The monoisotopic (exact) mass is 457 g/mol. The molecule has 0 N–H and O–H groups in total. The van der Waals surface area contributed by atoms with Gasteiger partial charge in [-0.2, -0.15) is 0 Å². The van der Waals surface area contributed by atoms with Gasteiger partial charge in [0, 0.05) is 24.2 Å². The Hall–Kier alpha value is -3.97. The van der Waals surface area contributed by atoms with Gasteiger partial charge in [-0.05, 0) is 68.3 Å². The molecule has 0 bridgehead atoms. The lowest BCUT2D eigenvalue weighted by atomic mass is 10.1. The van der Waals surface area contributed by atoms with Crippen molar-refractivity contribution < 1.29 is 19.1 Å². The van der Waals surface area contributed by atoms with Gasteiger partial charge in [0.05, 0.1) is 18.8 Å². The van der Waals surface area contributed by atoms with Crippen LogP contribution in [0.15, 0.2) is 66.2 Å². The summed E-state index contributed by atoms with van der Waals surface area (Å²) in [6, 6.07) is 18.0. The first-order chi connectivity index (χ1) is 16.3. The summed E-state index contributed by atoms with van der Waals surface area (Å²) in [5, 5.41) is 0. The summed E-state index contributed by atoms with van der Waals surface area (Å²) < 4.78 is 7.17. The maximum atomic E-state index is 13.4. The molecule has 0 atom stereocenters. The highest BCUT2D eigenvalue weighted by Crippen LogP contribution is 2.28. The van der Waals surface area contributed by atoms with E-state index in [1.165, 1.54) is 7.11 Å². The maximum absolute atomic E-state index is 13.4. The highest BCUT2D eigenvalue weighted by Gasteiger charge is 2.42. The van der Waals surface area contributed by atoms with Crippen LogP contribution < -0.4 is 4.90 Å². The van der Waals surface area contributed by atoms with Gasteiger partial charge in [-0.25, -0.2) is 9.69 Å². The number of carbonyl (C=O) groups excluding carboxylic acids is 3. The van der Waals surface area contributed by atoms with E-state index < -0.39 is 17.8 Å². The fourth-order valence-electron chi connectivity index (χ4n) is 4.21. The molecule has 0 spiro atoms. The second kappa shape index (κ2) is 9.49. The molecule has 4 rings (SSSR count). The van der Waals surface area contributed by atoms with E-state index in [1.807, 2.05) is 45.0 Å². The number of rotatable bonds is 6. The molecule has 1 aliphatic rings. The van der Waals surface area contributed by atoms with Gasteiger partial charge in [0.2, 0.25) is 0 Å². The summed E-state index contributed by atoms with van der Waals surface area (Å²) in [6.07, 6.45) is 1.58. The lowest BCUT2D eigenvalue weighted by Gasteiger charge is -2.33. The number of anilines is 1. The van der Waals surface area contributed by atoms with E-state index in [0.29, 0.717) is 5.69 Å². The number of ether oxygens (including phenoxy) is 1. The van der Waals surface area contributed by atoms with E-state index in [1.54, 1.807) is 36.4 Å². The largest absolute Gasteiger partial charge is 0.383 e. The van der Waals surface area contributed by atoms with Crippen molar-refractivity contribution in [2.24, 2.45) is 0 Å². The van der Waals surface area contributed by atoms with E-state index in [9.17, 15) is 14.4 Å². The standard InChI is InChI=1S/C27H27N3O4/c1-18-9-8-12-23(15-18)29-19(2)16-21(20(29)3)17-24-25(31)28(13-14-34-4)27(33)30(26(24)32)22-10-6-5-7-11-22/h5-12,15-17H,13-14H2,1-4H3/b24-17-. The lowest BCUT2D eigenvalue weighted by Crippen LogP contribution is -2.57. The third kappa shape index (κ3) is 4.18. The van der Waals surface area contributed by atoms with Crippen LogP contribution >= 0.6 is 0 Å². The van der Waals surface area contributed by atoms with E-state index in [-0.39, 0.29) is 18.7 Å². The van der Waals surface area contributed by atoms with Crippen molar-refractivity contribution in [3.8, 4) is 5.69 Å². The number of urea groups is 1. The summed E-state index contributed by atoms with van der Waals surface area (Å²) in [5.41, 5.74) is 5.08. The Kier molecular flexibility index (Phi) is 6.47. The number of amides is 4. The number of hydrogen-bond acceptors (Lipinski definition) is 4. The molecule has 0 radical (unpaired) electrons. The summed E-state index contributed by atoms with van der Waals surface area (Å²) in [5.74, 6) is -1.27. The fraction of sp³-hybridized carbons (Fsp3) is 0.222. The van der Waals surface area contributed by atoms with Crippen molar-refractivity contribution in [3.05, 3.63) is 88.8 Å². The van der Waals surface area contributed by atoms with Gasteiger partial charge in [-0.3, -0.25) is 14.5 Å². The molecule has 0 saturated carbocycles. The summed E-state index contributed by atoms with van der Waals surface area (Å²) >= 11 is 0. The Labute approximate surface area is 198 Å². The zero-order chi connectivity index (χ0) is 24.4. The molecular weight excluding hydrogens is 430 g/mol. The first kappa shape index (κ1) is 23.2.